The van der Waals surface area contributed by atoms with Crippen LogP contribution in [0.2, 0.25) is 0 Å². The van der Waals surface area contributed by atoms with E-state index in [2.05, 4.69) is 17.2 Å². The second-order valence-electron chi connectivity index (χ2n) is 9.96. The summed E-state index contributed by atoms with van der Waals surface area (Å²) in [5, 5.41) is 5.78. The Kier molecular flexibility index (Phi) is 22.4. The molecule has 11 nitrogen and oxygen atoms in total. The van der Waals surface area contributed by atoms with Crippen molar-refractivity contribution in [2.45, 2.75) is 57.4 Å². The van der Waals surface area contributed by atoms with Crippen LogP contribution in [0, 0.1) is 0 Å². The number of nitrogens with one attached hydrogen (secondary N) is 2. The summed E-state index contributed by atoms with van der Waals surface area (Å²) in [6.45, 7) is 9.16. The topological polar surface area (TPSA) is 132 Å². The molecule has 1 unspecified atom stereocenters. The fraction of sp³-hybridized carbons (Fsp3) is 0.625. The second kappa shape index (κ2) is 25.4. The van der Waals surface area contributed by atoms with Gasteiger partial charge >= 0.3 is 0 Å². The number of ether oxygens (including phenoxy) is 4. The molecule has 0 bridgehead atoms. The second-order valence-corrected chi connectivity index (χ2v) is 9.96. The van der Waals surface area contributed by atoms with Crippen LogP contribution in [0.1, 0.15) is 67.3 Å². The smallest absolute Gasteiger partial charge is 0.219 e. The molecule has 0 heterocycles. The van der Waals surface area contributed by atoms with Crippen LogP contribution in [0.25, 0.3) is 5.70 Å². The summed E-state index contributed by atoms with van der Waals surface area (Å²) in [5.41, 5.74) is 2.21. The highest BCUT2D eigenvalue weighted by Gasteiger charge is 2.20. The number of unbranched alkanes of at least 4 members (excludes halogenated alkanes) is 4. The Bertz CT molecular complexity index is 943. The Labute approximate surface area is 256 Å². The first-order valence-corrected chi connectivity index (χ1v) is 15.1. The highest BCUT2D eigenvalue weighted by Crippen LogP contribution is 2.27. The van der Waals surface area contributed by atoms with E-state index in [1.54, 1.807) is 31.1 Å². The number of amides is 1. The minimum absolute atomic E-state index is 0.145. The number of nitrogens with zero attached hydrogens (tertiary/aromatic N) is 1. The molecule has 11 heteroatoms. The van der Waals surface area contributed by atoms with Crippen LogP contribution < -0.4 is 10.6 Å². The number of carbonyl (C=O) groups is 4. The number of rotatable bonds is 29. The summed E-state index contributed by atoms with van der Waals surface area (Å²) in [7, 11) is 3.28. The lowest BCUT2D eigenvalue weighted by atomic mass is 10.0. The number of benzene rings is 1. The molecule has 1 amide bonds. The van der Waals surface area contributed by atoms with Gasteiger partial charge in [-0.25, -0.2) is 0 Å². The van der Waals surface area contributed by atoms with Gasteiger partial charge in [0.05, 0.1) is 39.1 Å². The molecule has 0 aliphatic rings. The highest BCUT2D eigenvalue weighted by molar-refractivity contribution is 5.92. The molecule has 0 aliphatic carbocycles. The van der Waals surface area contributed by atoms with Crippen molar-refractivity contribution in [3.63, 3.8) is 0 Å². The Morgan fingerprint density at radius 3 is 2.09 bits per heavy atom. The van der Waals surface area contributed by atoms with E-state index in [0.717, 1.165) is 64.2 Å². The van der Waals surface area contributed by atoms with E-state index in [0.29, 0.717) is 81.5 Å². The Morgan fingerprint density at radius 1 is 0.884 bits per heavy atom. The van der Waals surface area contributed by atoms with Gasteiger partial charge in [-0.2, -0.15) is 0 Å². The molecule has 1 rings (SSSR count). The van der Waals surface area contributed by atoms with Crippen molar-refractivity contribution in [3.8, 4) is 0 Å². The molecule has 1 aromatic rings. The summed E-state index contributed by atoms with van der Waals surface area (Å²) in [6, 6.07) is 4.86. The summed E-state index contributed by atoms with van der Waals surface area (Å²) in [6.07, 6.45) is 8.55. The van der Waals surface area contributed by atoms with E-state index in [9.17, 15) is 19.2 Å². The predicted molar refractivity (Wildman–Crippen MR) is 167 cm³/mol. The lowest BCUT2D eigenvalue weighted by Crippen LogP contribution is -2.33. The number of aldehydes is 3. The van der Waals surface area contributed by atoms with Crippen LogP contribution in [0.15, 0.2) is 24.8 Å². The van der Waals surface area contributed by atoms with Crippen LogP contribution in [0.3, 0.4) is 0 Å². The minimum Gasteiger partial charge on any atom is -0.382 e. The first-order valence-electron chi connectivity index (χ1n) is 15.1. The van der Waals surface area contributed by atoms with E-state index < -0.39 is 6.04 Å². The highest BCUT2D eigenvalue weighted by atomic mass is 16.5. The van der Waals surface area contributed by atoms with Crippen molar-refractivity contribution in [1.82, 2.24) is 10.2 Å². The first-order chi connectivity index (χ1) is 21.0. The fourth-order valence-corrected chi connectivity index (χ4v) is 4.16. The average molecular weight is 606 g/mol. The monoisotopic (exact) mass is 605 g/mol. The molecule has 1 aromatic carbocycles. The van der Waals surface area contributed by atoms with E-state index in [1.165, 1.54) is 0 Å². The van der Waals surface area contributed by atoms with Gasteiger partial charge in [-0.05, 0) is 44.6 Å². The van der Waals surface area contributed by atoms with E-state index in [1.807, 2.05) is 6.07 Å². The molecular weight excluding hydrogens is 554 g/mol. The fourth-order valence-electron chi connectivity index (χ4n) is 4.16. The third-order valence-electron chi connectivity index (χ3n) is 6.81. The molecule has 0 saturated carbocycles. The van der Waals surface area contributed by atoms with Gasteiger partial charge in [-0.3, -0.25) is 9.59 Å². The summed E-state index contributed by atoms with van der Waals surface area (Å²) >= 11 is 0. The van der Waals surface area contributed by atoms with Crippen LogP contribution in [-0.2, 0) is 33.3 Å². The lowest BCUT2D eigenvalue weighted by molar-refractivity contribution is -0.121. The van der Waals surface area contributed by atoms with Gasteiger partial charge in [0.2, 0.25) is 5.91 Å². The third kappa shape index (κ3) is 16.9. The Morgan fingerprint density at radius 2 is 1.49 bits per heavy atom. The van der Waals surface area contributed by atoms with Gasteiger partial charge in [-0.1, -0.05) is 18.7 Å². The van der Waals surface area contributed by atoms with Crippen LogP contribution >= 0.6 is 0 Å². The summed E-state index contributed by atoms with van der Waals surface area (Å²) in [5.74, 6) is -0.145. The summed E-state index contributed by atoms with van der Waals surface area (Å²) in [4.78, 5) is 47.2. The number of hydrogen-bond acceptors (Lipinski definition) is 10. The zero-order chi connectivity index (χ0) is 31.5. The number of anilines is 1. The molecule has 43 heavy (non-hydrogen) atoms. The van der Waals surface area contributed by atoms with Gasteiger partial charge < -0.3 is 44.1 Å². The van der Waals surface area contributed by atoms with Gasteiger partial charge in [0.25, 0.3) is 0 Å². The van der Waals surface area contributed by atoms with Gasteiger partial charge in [0.15, 0.2) is 6.29 Å². The standard InChI is InChI=1S/C32H51N3O8/c1-27(35(3)28(25-37)13-14-32(39)33-2)29-11-10-12-31(30(29)26-38)34-15-20-42-22-24-43-23-21-41-19-9-5-8-18-40-17-7-4-6-16-36/h10-12,16,25-26,28,34H,1,4-9,13-15,17-24H2,2-3H3,(H,33,39). The largest absolute Gasteiger partial charge is 0.382 e. The molecule has 0 aromatic heterocycles. The van der Waals surface area contributed by atoms with E-state index >= 15 is 0 Å². The quantitative estimate of drug-likeness (QED) is 0.103. The average Bonchev–Trinajstić information content (AvgIpc) is 3.03. The molecule has 0 spiro atoms. The number of hydrogen-bond donors (Lipinski definition) is 2. The zero-order valence-corrected chi connectivity index (χ0v) is 26.0. The third-order valence-corrected chi connectivity index (χ3v) is 6.81. The molecule has 0 radical (unpaired) electrons. The maximum Gasteiger partial charge on any atom is 0.219 e. The molecule has 2 N–H and O–H groups in total. The van der Waals surface area contributed by atoms with Gasteiger partial charge in [0.1, 0.15) is 12.6 Å². The SMILES string of the molecule is C=C(c1cccc(NCCOCCOCCOCCCCCOCCCCC=O)c1C=O)N(C)C(C=O)CCC(=O)NC. The first kappa shape index (κ1) is 37.9. The van der Waals surface area contributed by atoms with Crippen LogP contribution in [0.4, 0.5) is 5.69 Å². The molecule has 0 saturated heterocycles. The molecular formula is C32H51N3O8. The molecule has 0 fully saturated rings. The van der Waals surface area contributed by atoms with E-state index in [-0.39, 0.29) is 12.3 Å². The number of carbonyl (C=O) groups excluding carboxylic acids is 4. The van der Waals surface area contributed by atoms with Gasteiger partial charge in [-0.15, -0.1) is 0 Å². The van der Waals surface area contributed by atoms with Crippen molar-refractivity contribution in [2.75, 3.05) is 78.8 Å². The molecule has 0 aliphatic heterocycles. The number of likely N-dealkylation sites (N-methyl/N-ethyl adjacent to an activating group) is 1. The normalized spacial score (nSPS) is 11.5. The molecule has 242 valence electrons. The van der Waals surface area contributed by atoms with Crippen molar-refractivity contribution in [2.24, 2.45) is 0 Å². The van der Waals surface area contributed by atoms with Crippen molar-refractivity contribution in [1.29, 1.82) is 0 Å². The predicted octanol–water partition coefficient (Wildman–Crippen LogP) is 3.51. The van der Waals surface area contributed by atoms with Crippen molar-refractivity contribution in [3.05, 3.63) is 35.9 Å². The maximum atomic E-state index is 12.0. The maximum absolute atomic E-state index is 12.0. The van der Waals surface area contributed by atoms with Crippen LogP contribution in [0.5, 0.6) is 0 Å². The Balaban J connectivity index is 2.19. The molecule has 1 atom stereocenters. The van der Waals surface area contributed by atoms with Crippen molar-refractivity contribution < 1.29 is 38.1 Å². The van der Waals surface area contributed by atoms with Crippen LogP contribution in [-0.4, -0.2) is 109 Å². The van der Waals surface area contributed by atoms with E-state index in [4.69, 9.17) is 18.9 Å². The minimum atomic E-state index is -0.546. The lowest BCUT2D eigenvalue weighted by Gasteiger charge is -2.28. The zero-order valence-electron chi connectivity index (χ0n) is 26.0. The van der Waals surface area contributed by atoms with Gasteiger partial charge in [0, 0.05) is 75.8 Å². The summed E-state index contributed by atoms with van der Waals surface area (Å²) < 4.78 is 22.3. The Hall–Kier alpha value is -3.12. The van der Waals surface area contributed by atoms with Crippen molar-refractivity contribution >= 4 is 36.2 Å².